The van der Waals surface area contributed by atoms with Gasteiger partial charge in [-0.2, -0.15) is 5.10 Å². The number of esters is 1. The van der Waals surface area contributed by atoms with E-state index in [1.54, 1.807) is 15.8 Å². The summed E-state index contributed by atoms with van der Waals surface area (Å²) >= 11 is 0. The van der Waals surface area contributed by atoms with Crippen molar-refractivity contribution >= 4 is 11.9 Å². The Morgan fingerprint density at radius 2 is 2.10 bits per heavy atom. The number of hydrogen-bond donors (Lipinski definition) is 0. The molecule has 0 radical (unpaired) electrons. The number of amides is 1. The quantitative estimate of drug-likeness (QED) is 0.684. The van der Waals surface area contributed by atoms with Crippen LogP contribution in [0.1, 0.15) is 32.3 Å². The first-order valence-corrected chi connectivity index (χ1v) is 7.26. The van der Waals surface area contributed by atoms with E-state index in [0.717, 1.165) is 5.56 Å². The molecule has 0 atom stereocenters. The molecule has 0 unspecified atom stereocenters. The van der Waals surface area contributed by atoms with Gasteiger partial charge in [0, 0.05) is 32.3 Å². The van der Waals surface area contributed by atoms with Gasteiger partial charge in [0.05, 0.1) is 19.7 Å². The van der Waals surface area contributed by atoms with E-state index in [2.05, 4.69) is 23.7 Å². The topological polar surface area (TPSA) is 64.4 Å². The lowest BCUT2D eigenvalue weighted by atomic mass is 10.2. The van der Waals surface area contributed by atoms with Crippen molar-refractivity contribution in [2.45, 2.75) is 40.2 Å². The highest BCUT2D eigenvalue weighted by atomic mass is 16.5. The van der Waals surface area contributed by atoms with Crippen LogP contribution in [0.15, 0.2) is 12.4 Å². The van der Waals surface area contributed by atoms with E-state index in [4.69, 9.17) is 0 Å². The van der Waals surface area contributed by atoms with Gasteiger partial charge in [-0.25, -0.2) is 0 Å². The third kappa shape index (κ3) is 6.42. The van der Waals surface area contributed by atoms with E-state index in [1.807, 2.05) is 13.1 Å². The van der Waals surface area contributed by atoms with Gasteiger partial charge in [-0.05, 0) is 18.4 Å². The molecule has 0 aliphatic heterocycles. The molecule has 1 amide bonds. The predicted molar refractivity (Wildman–Crippen MR) is 79.6 cm³/mol. The van der Waals surface area contributed by atoms with Crippen LogP contribution in [0.2, 0.25) is 0 Å². The number of aryl methyl sites for hydroxylation is 2. The Labute approximate surface area is 126 Å². The number of hydrogen-bond acceptors (Lipinski definition) is 4. The Hall–Kier alpha value is -1.85. The molecule has 118 valence electrons. The van der Waals surface area contributed by atoms with Crippen molar-refractivity contribution in [3.05, 3.63) is 18.0 Å². The third-order valence-electron chi connectivity index (χ3n) is 3.07. The smallest absolute Gasteiger partial charge is 0.307 e. The average Bonchev–Trinajstić information content (AvgIpc) is 2.85. The summed E-state index contributed by atoms with van der Waals surface area (Å²) in [6, 6.07) is 0. The third-order valence-corrected chi connectivity index (χ3v) is 3.07. The van der Waals surface area contributed by atoms with E-state index in [1.165, 1.54) is 7.11 Å². The summed E-state index contributed by atoms with van der Waals surface area (Å²) in [5.74, 6) is 0.110. The lowest BCUT2D eigenvalue weighted by Crippen LogP contribution is -2.36. The van der Waals surface area contributed by atoms with Gasteiger partial charge >= 0.3 is 5.97 Å². The number of carbonyl (C=O) groups excluding carboxylic acids is 2. The van der Waals surface area contributed by atoms with Gasteiger partial charge in [-0.1, -0.05) is 13.8 Å². The van der Waals surface area contributed by atoms with Crippen molar-refractivity contribution in [3.8, 4) is 0 Å². The maximum Gasteiger partial charge on any atom is 0.307 e. The van der Waals surface area contributed by atoms with Crippen molar-refractivity contribution in [2.75, 3.05) is 20.2 Å². The van der Waals surface area contributed by atoms with Crippen molar-refractivity contribution in [1.29, 1.82) is 0 Å². The summed E-state index contributed by atoms with van der Waals surface area (Å²) in [6.45, 7) is 7.67. The van der Waals surface area contributed by atoms with E-state index in [9.17, 15) is 9.59 Å². The molecule has 1 aromatic rings. The zero-order chi connectivity index (χ0) is 15.8. The summed E-state index contributed by atoms with van der Waals surface area (Å²) in [7, 11) is 1.36. The van der Waals surface area contributed by atoms with Crippen LogP contribution in [0.3, 0.4) is 0 Å². The van der Waals surface area contributed by atoms with E-state index in [0.29, 0.717) is 32.0 Å². The number of methoxy groups -OCH3 is 1. The lowest BCUT2D eigenvalue weighted by Gasteiger charge is -2.24. The molecule has 0 aliphatic carbocycles. The summed E-state index contributed by atoms with van der Waals surface area (Å²) in [6.07, 6.45) is 4.30. The molecule has 6 heteroatoms. The Bertz CT molecular complexity index is 468. The SMILES string of the molecule is COC(=O)CCN(CC(C)C)C(=O)CCn1cc(C)cn1. The molecule has 1 heterocycles. The zero-order valence-corrected chi connectivity index (χ0v) is 13.3. The maximum atomic E-state index is 12.3. The van der Waals surface area contributed by atoms with Crippen LogP contribution in [0, 0.1) is 12.8 Å². The number of ether oxygens (including phenoxy) is 1. The highest BCUT2D eigenvalue weighted by Crippen LogP contribution is 2.05. The van der Waals surface area contributed by atoms with Crippen LogP contribution in [-0.2, 0) is 20.9 Å². The Morgan fingerprint density at radius 1 is 1.38 bits per heavy atom. The molecule has 0 aliphatic rings. The van der Waals surface area contributed by atoms with Gasteiger partial charge in [0.1, 0.15) is 0 Å². The molecule has 6 nitrogen and oxygen atoms in total. The average molecular weight is 295 g/mol. The molecule has 0 aromatic carbocycles. The van der Waals surface area contributed by atoms with Gasteiger partial charge in [0.15, 0.2) is 0 Å². The van der Waals surface area contributed by atoms with Gasteiger partial charge in [0.2, 0.25) is 5.91 Å². The van der Waals surface area contributed by atoms with Crippen LogP contribution in [0.5, 0.6) is 0 Å². The van der Waals surface area contributed by atoms with Crippen LogP contribution in [-0.4, -0.2) is 46.8 Å². The Balaban J connectivity index is 2.51. The number of aromatic nitrogens is 2. The fourth-order valence-corrected chi connectivity index (χ4v) is 2.04. The largest absolute Gasteiger partial charge is 0.469 e. The standard InChI is InChI=1S/C15H25N3O3/c1-12(2)10-17(7-6-15(20)21-4)14(19)5-8-18-11-13(3)9-16-18/h9,11-12H,5-8,10H2,1-4H3. The summed E-state index contributed by atoms with van der Waals surface area (Å²) in [5.41, 5.74) is 1.08. The molecular formula is C15H25N3O3. The summed E-state index contributed by atoms with van der Waals surface area (Å²) < 4.78 is 6.39. The van der Waals surface area contributed by atoms with Crippen LogP contribution in [0.4, 0.5) is 0 Å². The molecule has 1 aromatic heterocycles. The van der Waals surface area contributed by atoms with E-state index < -0.39 is 0 Å². The monoisotopic (exact) mass is 295 g/mol. The van der Waals surface area contributed by atoms with E-state index >= 15 is 0 Å². The van der Waals surface area contributed by atoms with Crippen molar-refractivity contribution in [2.24, 2.45) is 5.92 Å². The summed E-state index contributed by atoms with van der Waals surface area (Å²) in [4.78, 5) is 25.3. The van der Waals surface area contributed by atoms with Gasteiger partial charge in [0.25, 0.3) is 0 Å². The van der Waals surface area contributed by atoms with Crippen LogP contribution >= 0.6 is 0 Å². The minimum atomic E-state index is -0.292. The second-order valence-electron chi connectivity index (χ2n) is 5.59. The zero-order valence-electron chi connectivity index (χ0n) is 13.3. The second-order valence-corrected chi connectivity index (χ2v) is 5.59. The Kier molecular flexibility index (Phi) is 6.91. The Morgan fingerprint density at radius 3 is 2.62 bits per heavy atom. The van der Waals surface area contributed by atoms with Gasteiger partial charge < -0.3 is 9.64 Å². The number of rotatable bonds is 8. The van der Waals surface area contributed by atoms with Crippen molar-refractivity contribution < 1.29 is 14.3 Å². The highest BCUT2D eigenvalue weighted by molar-refractivity contribution is 5.77. The molecule has 0 saturated heterocycles. The normalized spacial score (nSPS) is 10.7. The molecule has 0 bridgehead atoms. The van der Waals surface area contributed by atoms with Gasteiger partial charge in [-0.15, -0.1) is 0 Å². The first-order chi connectivity index (χ1) is 9.92. The fraction of sp³-hybridized carbons (Fsp3) is 0.667. The molecule has 0 fully saturated rings. The second kappa shape index (κ2) is 8.44. The fourth-order valence-electron chi connectivity index (χ4n) is 2.04. The lowest BCUT2D eigenvalue weighted by molar-refractivity contribution is -0.142. The maximum absolute atomic E-state index is 12.3. The molecule has 0 spiro atoms. The minimum absolute atomic E-state index is 0.0424. The van der Waals surface area contributed by atoms with E-state index in [-0.39, 0.29) is 18.3 Å². The summed E-state index contributed by atoms with van der Waals surface area (Å²) in [5, 5.41) is 4.17. The first kappa shape index (κ1) is 17.2. The minimum Gasteiger partial charge on any atom is -0.469 e. The van der Waals surface area contributed by atoms with Crippen molar-refractivity contribution in [3.63, 3.8) is 0 Å². The van der Waals surface area contributed by atoms with Crippen molar-refractivity contribution in [1.82, 2.24) is 14.7 Å². The van der Waals surface area contributed by atoms with Crippen LogP contribution in [0.25, 0.3) is 0 Å². The van der Waals surface area contributed by atoms with Crippen LogP contribution < -0.4 is 0 Å². The molecular weight excluding hydrogens is 270 g/mol. The first-order valence-electron chi connectivity index (χ1n) is 7.26. The molecule has 21 heavy (non-hydrogen) atoms. The molecule has 0 N–H and O–H groups in total. The van der Waals surface area contributed by atoms with Gasteiger partial charge in [-0.3, -0.25) is 14.3 Å². The number of carbonyl (C=O) groups is 2. The highest BCUT2D eigenvalue weighted by Gasteiger charge is 2.16. The predicted octanol–water partition coefficient (Wildman–Crippen LogP) is 1.63. The molecule has 1 rings (SSSR count). The number of nitrogens with zero attached hydrogens (tertiary/aromatic N) is 3. The molecule has 0 saturated carbocycles.